The van der Waals surface area contributed by atoms with Gasteiger partial charge in [-0.25, -0.2) is 9.59 Å². The number of aliphatic hydroxyl groups excluding tert-OH is 1. The number of halogens is 1. The topological polar surface area (TPSA) is 106 Å². The molecule has 0 aliphatic rings. The Balaban J connectivity index is 1.36. The van der Waals surface area contributed by atoms with Crippen LogP contribution in [0, 0.1) is 0 Å². The zero-order chi connectivity index (χ0) is 24.4. The van der Waals surface area contributed by atoms with E-state index < -0.39 is 12.1 Å². The number of fused-ring (bicyclic) bond motifs is 1. The number of hydrogen-bond donors (Lipinski definition) is 3. The molecule has 0 fully saturated rings. The summed E-state index contributed by atoms with van der Waals surface area (Å²) in [5.41, 5.74) is 3.72. The van der Waals surface area contributed by atoms with Crippen LogP contribution in [0.1, 0.15) is 27.6 Å². The van der Waals surface area contributed by atoms with Gasteiger partial charge in [-0.2, -0.15) is 0 Å². The second-order valence-corrected chi connectivity index (χ2v) is 8.38. The van der Waals surface area contributed by atoms with Gasteiger partial charge in [0.25, 0.3) is 0 Å². The number of anilines is 1. The van der Waals surface area contributed by atoms with Crippen molar-refractivity contribution in [2.24, 2.45) is 14.1 Å². The number of benzene rings is 3. The Labute approximate surface area is 200 Å². The smallest absolute Gasteiger partial charge is 0.335 e. The molecule has 0 bridgehead atoms. The lowest BCUT2D eigenvalue weighted by Crippen LogP contribution is -2.19. The van der Waals surface area contributed by atoms with Gasteiger partial charge in [-0.3, -0.25) is 9.13 Å². The Bertz CT molecular complexity index is 1410. The van der Waals surface area contributed by atoms with Crippen molar-refractivity contribution in [3.05, 3.63) is 92.9 Å². The van der Waals surface area contributed by atoms with Crippen LogP contribution in [0.5, 0.6) is 5.75 Å². The van der Waals surface area contributed by atoms with Crippen molar-refractivity contribution in [2.45, 2.75) is 12.6 Å². The highest BCUT2D eigenvalue weighted by Gasteiger charge is 2.14. The van der Waals surface area contributed by atoms with Crippen molar-refractivity contribution >= 4 is 34.3 Å². The van der Waals surface area contributed by atoms with E-state index in [-0.39, 0.29) is 17.9 Å². The van der Waals surface area contributed by atoms with Gasteiger partial charge in [0.2, 0.25) is 0 Å². The average Bonchev–Trinajstić information content (AvgIpc) is 3.06. The first-order valence-electron chi connectivity index (χ1n) is 10.6. The molecule has 1 atom stereocenters. The normalized spacial score (nSPS) is 12.0. The maximum absolute atomic E-state index is 12.1. The van der Waals surface area contributed by atoms with Crippen molar-refractivity contribution in [1.82, 2.24) is 9.13 Å². The summed E-state index contributed by atoms with van der Waals surface area (Å²) in [6.07, 6.45) is -0.857. The van der Waals surface area contributed by atoms with E-state index in [9.17, 15) is 14.7 Å². The monoisotopic (exact) mass is 481 g/mol. The number of hydrogen-bond acceptors (Lipinski definition) is 5. The fourth-order valence-electron chi connectivity index (χ4n) is 3.70. The molecule has 0 saturated carbocycles. The third-order valence-electron chi connectivity index (χ3n) is 5.71. The first kappa shape index (κ1) is 23.4. The zero-order valence-electron chi connectivity index (χ0n) is 18.7. The minimum Gasteiger partial charge on any atom is -0.491 e. The summed E-state index contributed by atoms with van der Waals surface area (Å²) in [7, 11) is 3.41. The van der Waals surface area contributed by atoms with E-state index in [0.29, 0.717) is 28.6 Å². The number of imidazole rings is 1. The summed E-state index contributed by atoms with van der Waals surface area (Å²) in [6, 6.07) is 17.2. The molecule has 34 heavy (non-hydrogen) atoms. The molecule has 0 radical (unpaired) electrons. The van der Waals surface area contributed by atoms with Crippen molar-refractivity contribution in [2.75, 3.05) is 11.9 Å². The molecular formula is C25H24ClN3O5. The van der Waals surface area contributed by atoms with Crippen LogP contribution in [-0.2, 0) is 20.6 Å². The number of carbonyl (C=O) groups is 1. The van der Waals surface area contributed by atoms with Crippen LogP contribution < -0.4 is 15.7 Å². The lowest BCUT2D eigenvalue weighted by molar-refractivity contribution is 0.0697. The Morgan fingerprint density at radius 2 is 1.74 bits per heavy atom. The fourth-order valence-corrected chi connectivity index (χ4v) is 3.88. The number of aliphatic hydroxyl groups is 1. The second-order valence-electron chi connectivity index (χ2n) is 7.97. The van der Waals surface area contributed by atoms with Crippen molar-refractivity contribution in [3.8, 4) is 5.75 Å². The Morgan fingerprint density at radius 3 is 2.44 bits per heavy atom. The number of nitrogens with one attached hydrogen (secondary N) is 1. The molecule has 0 saturated heterocycles. The number of nitrogens with zero attached hydrogens (tertiary/aromatic N) is 2. The van der Waals surface area contributed by atoms with E-state index in [2.05, 4.69) is 5.32 Å². The number of ether oxygens (including phenoxy) is 1. The third kappa shape index (κ3) is 4.78. The number of aromatic carboxylic acids is 1. The van der Waals surface area contributed by atoms with Crippen LogP contribution in [0.4, 0.5) is 5.69 Å². The van der Waals surface area contributed by atoms with Gasteiger partial charge >= 0.3 is 11.7 Å². The van der Waals surface area contributed by atoms with Crippen molar-refractivity contribution < 1.29 is 19.7 Å². The summed E-state index contributed by atoms with van der Waals surface area (Å²) >= 11 is 6.15. The van der Waals surface area contributed by atoms with Gasteiger partial charge in [-0.1, -0.05) is 29.8 Å². The molecule has 0 amide bonds. The van der Waals surface area contributed by atoms with Gasteiger partial charge in [-0.15, -0.1) is 0 Å². The average molecular weight is 482 g/mol. The van der Waals surface area contributed by atoms with Crippen LogP contribution in [0.25, 0.3) is 11.0 Å². The van der Waals surface area contributed by atoms with E-state index in [1.54, 1.807) is 53.6 Å². The van der Waals surface area contributed by atoms with Crippen molar-refractivity contribution in [3.63, 3.8) is 0 Å². The highest BCUT2D eigenvalue weighted by Crippen LogP contribution is 2.25. The lowest BCUT2D eigenvalue weighted by Gasteiger charge is -2.14. The molecule has 1 heterocycles. The van der Waals surface area contributed by atoms with Gasteiger partial charge in [0.1, 0.15) is 18.5 Å². The minimum atomic E-state index is -1.02. The van der Waals surface area contributed by atoms with Crippen molar-refractivity contribution in [1.29, 1.82) is 0 Å². The molecule has 176 valence electrons. The van der Waals surface area contributed by atoms with Gasteiger partial charge < -0.3 is 20.3 Å². The molecule has 4 aromatic rings. The molecule has 8 nitrogen and oxygen atoms in total. The molecule has 9 heteroatoms. The number of carboxylic acid groups (broad SMARTS) is 1. The summed E-state index contributed by atoms with van der Waals surface area (Å²) in [5, 5.41) is 23.3. The fraction of sp³-hybridized carbons (Fsp3) is 0.200. The predicted molar refractivity (Wildman–Crippen MR) is 131 cm³/mol. The number of rotatable bonds is 8. The molecule has 4 rings (SSSR count). The molecule has 1 aromatic heterocycles. The quantitative estimate of drug-likeness (QED) is 0.352. The van der Waals surface area contributed by atoms with E-state index in [1.165, 1.54) is 12.1 Å². The maximum Gasteiger partial charge on any atom is 0.335 e. The Morgan fingerprint density at radius 1 is 1.03 bits per heavy atom. The van der Waals surface area contributed by atoms with Crippen LogP contribution in [0.3, 0.4) is 0 Å². The first-order valence-corrected chi connectivity index (χ1v) is 10.9. The molecule has 3 aromatic carbocycles. The third-order valence-corrected chi connectivity index (χ3v) is 6.04. The van der Waals surface area contributed by atoms with Crippen LogP contribution >= 0.6 is 11.6 Å². The zero-order valence-corrected chi connectivity index (χ0v) is 19.4. The van der Waals surface area contributed by atoms with Gasteiger partial charge in [0.15, 0.2) is 0 Å². The molecular weight excluding hydrogens is 458 g/mol. The Kier molecular flexibility index (Phi) is 6.63. The van der Waals surface area contributed by atoms with E-state index in [1.807, 2.05) is 18.2 Å². The summed E-state index contributed by atoms with van der Waals surface area (Å²) in [5.74, 6) is -0.418. The molecule has 0 aliphatic heterocycles. The maximum atomic E-state index is 12.1. The predicted octanol–water partition coefficient (Wildman–Crippen LogP) is 3.95. The van der Waals surface area contributed by atoms with E-state index in [0.717, 1.165) is 16.6 Å². The lowest BCUT2D eigenvalue weighted by atomic mass is 10.1. The standard InChI is InChI=1S/C25H24ClN3O5/c1-28-21-10-6-16(12-22(21)29(2)25(28)33)23(30)14-34-18-7-3-15(4-8-18)13-27-20-11-17(24(31)32)5-9-19(20)26/h3-12,23,27,30H,13-14H2,1-2H3,(H,31,32). The van der Waals surface area contributed by atoms with E-state index >= 15 is 0 Å². The minimum absolute atomic E-state index is 0.0570. The van der Waals surface area contributed by atoms with Gasteiger partial charge in [-0.05, 0) is 53.6 Å². The summed E-state index contributed by atoms with van der Waals surface area (Å²) < 4.78 is 8.85. The molecule has 3 N–H and O–H groups in total. The number of aromatic nitrogens is 2. The van der Waals surface area contributed by atoms with Crippen LogP contribution in [-0.4, -0.2) is 31.9 Å². The largest absolute Gasteiger partial charge is 0.491 e. The van der Waals surface area contributed by atoms with Gasteiger partial charge in [0, 0.05) is 20.6 Å². The molecule has 1 unspecified atom stereocenters. The highest BCUT2D eigenvalue weighted by atomic mass is 35.5. The van der Waals surface area contributed by atoms with Gasteiger partial charge in [0.05, 0.1) is 27.3 Å². The molecule has 0 aliphatic carbocycles. The van der Waals surface area contributed by atoms with Crippen LogP contribution in [0.15, 0.2) is 65.5 Å². The highest BCUT2D eigenvalue weighted by molar-refractivity contribution is 6.33. The Hall–Kier alpha value is -3.75. The summed E-state index contributed by atoms with van der Waals surface area (Å²) in [4.78, 5) is 23.2. The van der Waals surface area contributed by atoms with E-state index in [4.69, 9.17) is 21.4 Å². The number of carboxylic acids is 1. The SMILES string of the molecule is Cn1c(=O)n(C)c2cc(C(O)COc3ccc(CNc4cc(C(=O)O)ccc4Cl)cc3)ccc21. The molecule has 0 spiro atoms. The summed E-state index contributed by atoms with van der Waals surface area (Å²) in [6.45, 7) is 0.503. The van der Waals surface area contributed by atoms with Crippen LogP contribution in [0.2, 0.25) is 5.02 Å². The second kappa shape index (κ2) is 9.62. The number of aryl methyl sites for hydroxylation is 2. The first-order chi connectivity index (χ1) is 16.2.